The molecule has 4 aromatic heterocycles. The summed E-state index contributed by atoms with van der Waals surface area (Å²) in [5, 5.41) is 13.7. The Hall–Kier alpha value is -3.61. The van der Waals surface area contributed by atoms with E-state index in [-0.39, 0.29) is 27.6 Å². The summed E-state index contributed by atoms with van der Waals surface area (Å²) < 4.78 is 2.57. The Morgan fingerprint density at radius 2 is 0.578 bits per heavy atom. The zero-order chi connectivity index (χ0) is 80.8. The number of rotatable bonds is 56. The van der Waals surface area contributed by atoms with Gasteiger partial charge in [0.25, 0.3) is 5.91 Å². The lowest BCUT2D eigenvalue weighted by molar-refractivity contribution is -0.121. The zero-order valence-corrected chi connectivity index (χ0v) is 80.0. The number of aliphatic hydroxyl groups excluding tert-OH is 1. The normalized spacial score (nSPS) is 17.2. The van der Waals surface area contributed by atoms with Crippen molar-refractivity contribution in [2.45, 2.75) is 443 Å². The Bertz CT molecular complexity index is 4360. The highest BCUT2D eigenvalue weighted by Gasteiger charge is 2.57. The van der Waals surface area contributed by atoms with E-state index in [0.29, 0.717) is 0 Å². The molecule has 4 aliphatic heterocycles. The fourth-order valence-electron chi connectivity index (χ4n) is 23.6. The molecule has 4 nitrogen and oxygen atoms in total. The van der Waals surface area contributed by atoms with E-state index in [1.165, 1.54) is 404 Å². The van der Waals surface area contributed by atoms with Gasteiger partial charge in [-0.25, -0.2) is 0 Å². The number of unbranched alkanes of at least 4 members (excludes halogenated alkanes) is 40. The highest BCUT2D eigenvalue weighted by atomic mass is 79.9. The van der Waals surface area contributed by atoms with Crippen molar-refractivity contribution in [3.05, 3.63) is 133 Å². The lowest BCUT2D eigenvalue weighted by Gasteiger charge is -2.36. The molecule has 0 radical (unpaired) electrons. The van der Waals surface area contributed by atoms with Crippen molar-refractivity contribution in [1.29, 1.82) is 0 Å². The molecule has 4 aliphatic carbocycles. The van der Waals surface area contributed by atoms with E-state index in [2.05, 4.69) is 153 Å². The molecular formula is C106H148Br2N2O2S4. The second-order valence-electron chi connectivity index (χ2n) is 37.6. The van der Waals surface area contributed by atoms with Crippen LogP contribution in [0.5, 0.6) is 0 Å². The van der Waals surface area contributed by atoms with Crippen LogP contribution in [0.4, 0.5) is 0 Å². The highest BCUT2D eigenvalue weighted by molar-refractivity contribution is 9.11. The summed E-state index contributed by atoms with van der Waals surface area (Å²) in [6.45, 7) is 18.8. The Labute approximate surface area is 737 Å². The van der Waals surface area contributed by atoms with E-state index in [9.17, 15) is 5.11 Å². The average Bonchev–Trinajstić information content (AvgIpc) is 1.50. The molecule has 0 bridgehead atoms. The van der Waals surface area contributed by atoms with E-state index in [4.69, 9.17) is 0 Å². The summed E-state index contributed by atoms with van der Waals surface area (Å²) >= 11 is 16.4. The van der Waals surface area contributed by atoms with E-state index in [1.54, 1.807) is 44.5 Å². The van der Waals surface area contributed by atoms with Gasteiger partial charge >= 0.3 is 0 Å². The summed E-state index contributed by atoms with van der Waals surface area (Å²) in [5.41, 5.74) is 24.4. The first-order chi connectivity index (χ1) is 56.9. The first-order valence-corrected chi connectivity index (χ1v) is 53.8. The molecule has 0 saturated carbocycles. The van der Waals surface area contributed by atoms with Gasteiger partial charge in [-0.05, 0) is 199 Å². The van der Waals surface area contributed by atoms with Gasteiger partial charge in [-0.2, -0.15) is 0 Å². The fraction of sp³-hybridized carbons (Fsp3) is 0.651. The van der Waals surface area contributed by atoms with Gasteiger partial charge in [0.1, 0.15) is 0 Å². The van der Waals surface area contributed by atoms with E-state index >= 15 is 4.79 Å². The van der Waals surface area contributed by atoms with E-state index in [0.717, 1.165) is 48.2 Å². The van der Waals surface area contributed by atoms with Crippen LogP contribution in [0.1, 0.15) is 480 Å². The number of halogens is 2. The number of carbonyl (C=O) groups is 1. The van der Waals surface area contributed by atoms with Crippen molar-refractivity contribution in [2.24, 2.45) is 0 Å². The zero-order valence-electron chi connectivity index (χ0n) is 73.6. The first kappa shape index (κ1) is 88.7. The quantitative estimate of drug-likeness (QED) is 0.0387. The minimum atomic E-state index is -0.995. The number of fused-ring (bicyclic) bond motifs is 21. The van der Waals surface area contributed by atoms with Gasteiger partial charge in [-0.3, -0.25) is 9.69 Å². The van der Waals surface area contributed by atoms with Gasteiger partial charge in [0, 0.05) is 70.3 Å². The van der Waals surface area contributed by atoms with Crippen LogP contribution in [0.3, 0.4) is 0 Å². The molecule has 2 aromatic carbocycles. The number of carbonyl (C=O) groups excluding carboxylic acids is 1. The molecule has 1 N–H and O–H groups in total. The van der Waals surface area contributed by atoms with Gasteiger partial charge in [-0.1, -0.05) is 364 Å². The molecule has 0 fully saturated rings. The number of aliphatic hydroxyl groups is 1. The number of hydrogen-bond donors (Lipinski definition) is 1. The molecular weight excluding hydrogens is 1620 g/mol. The minimum Gasteiger partial charge on any atom is -0.369 e. The standard InChI is InChI=1S/C106H148Br2N2O2S4/c1-9-17-25-33-41-49-59-103(60-50-42-34-26-18-10-2)81-71-79-83(69-77(81)95-85(103)73-87(107)113-95)105(63-53-45-37-29-21-13-5,64-54-46-38-30-22-14-6)91-75-57-67-109-93(99(75)115-97(79)91)89-90(102(109)112)94-100-76(58-68-110(94)101(89)111)92-98(116-100)80-72-82-78(70-84(80)106(92,65-55-47-39-31-23-15-7)66-56-48-40-32-24-16-8)96-86(74-88(108)114-96)104(82,61-51-43-35-27-19-11-3)62-52-44-36-28-20-12-4/h57-58,67-74,101,111H,9-56,59-66H2,1-8H3. The van der Waals surface area contributed by atoms with Gasteiger partial charge in [0.15, 0.2) is 6.23 Å². The van der Waals surface area contributed by atoms with Crippen LogP contribution in [0, 0.1) is 0 Å². The molecule has 10 heteroatoms. The number of benzene rings is 2. The van der Waals surface area contributed by atoms with Crippen LogP contribution in [-0.4, -0.2) is 27.0 Å². The number of thiophene rings is 4. The predicted octanol–water partition coefficient (Wildman–Crippen LogP) is 36.1. The molecule has 14 rings (SSSR count). The van der Waals surface area contributed by atoms with Crippen molar-refractivity contribution in [2.75, 3.05) is 0 Å². The molecule has 632 valence electrons. The third-order valence-corrected chi connectivity index (χ3v) is 35.6. The summed E-state index contributed by atoms with van der Waals surface area (Å²) in [6.07, 6.45) is 79.6. The number of amides is 1. The maximum Gasteiger partial charge on any atom is 0.265 e. The summed E-state index contributed by atoms with van der Waals surface area (Å²) in [4.78, 5) is 29.1. The summed E-state index contributed by atoms with van der Waals surface area (Å²) in [6, 6.07) is 16.5. The van der Waals surface area contributed by atoms with Crippen LogP contribution >= 0.6 is 77.2 Å². The Morgan fingerprint density at radius 1 is 0.310 bits per heavy atom. The van der Waals surface area contributed by atoms with Crippen LogP contribution in [0.15, 0.2) is 67.5 Å². The third-order valence-electron chi connectivity index (χ3n) is 29.7. The largest absolute Gasteiger partial charge is 0.369 e. The highest BCUT2D eigenvalue weighted by Crippen LogP contribution is 2.70. The smallest absolute Gasteiger partial charge is 0.265 e. The maximum absolute atomic E-state index is 16.5. The van der Waals surface area contributed by atoms with Crippen molar-refractivity contribution in [1.82, 2.24) is 9.80 Å². The minimum absolute atomic E-state index is 0.0297. The van der Waals surface area contributed by atoms with Gasteiger partial charge in [-0.15, -0.1) is 45.3 Å². The monoisotopic (exact) mass is 1770 g/mol. The number of hydrogen-bond acceptors (Lipinski definition) is 7. The molecule has 1 amide bonds. The molecule has 8 aliphatic rings. The summed E-state index contributed by atoms with van der Waals surface area (Å²) in [5.74, 6) is 0.0297. The van der Waals surface area contributed by atoms with Crippen molar-refractivity contribution in [3.8, 4) is 41.8 Å². The Kier molecular flexibility index (Phi) is 31.9. The second-order valence-corrected chi connectivity index (χ2v) is 44.5. The first-order valence-electron chi connectivity index (χ1n) is 48.9. The molecule has 8 heterocycles. The molecule has 6 aromatic rings. The lowest BCUT2D eigenvalue weighted by Crippen LogP contribution is -2.31. The van der Waals surface area contributed by atoms with Gasteiger partial charge in [0.2, 0.25) is 0 Å². The van der Waals surface area contributed by atoms with Crippen LogP contribution in [0.25, 0.3) is 65.3 Å². The average molecular weight is 1770 g/mol. The topological polar surface area (TPSA) is 43.8 Å². The molecule has 0 saturated heterocycles. The molecule has 1 atom stereocenters. The van der Waals surface area contributed by atoms with Crippen molar-refractivity contribution >= 4 is 107 Å². The fourth-order valence-corrected chi connectivity index (χ4v) is 30.0. The summed E-state index contributed by atoms with van der Waals surface area (Å²) in [7, 11) is 0. The molecule has 116 heavy (non-hydrogen) atoms. The second kappa shape index (κ2) is 41.7. The van der Waals surface area contributed by atoms with Crippen molar-refractivity contribution < 1.29 is 9.90 Å². The predicted molar refractivity (Wildman–Crippen MR) is 515 cm³/mol. The van der Waals surface area contributed by atoms with Gasteiger partial charge < -0.3 is 10.0 Å². The molecule has 0 spiro atoms. The van der Waals surface area contributed by atoms with Crippen LogP contribution in [-0.2, 0) is 26.5 Å². The number of nitrogens with zero attached hydrogens (tertiary/aromatic N) is 2. The third kappa shape index (κ3) is 17.5. The van der Waals surface area contributed by atoms with E-state index < -0.39 is 6.23 Å². The van der Waals surface area contributed by atoms with E-state index in [1.807, 2.05) is 50.2 Å². The molecule has 1 unspecified atom stereocenters. The van der Waals surface area contributed by atoms with Gasteiger partial charge in [0.05, 0.1) is 34.3 Å². The van der Waals surface area contributed by atoms with Crippen molar-refractivity contribution in [3.63, 3.8) is 0 Å². The SMILES string of the molecule is CCCCCCCCC1(CCCCCCCC)c2cc3c(cc2-c2sc(Br)cc21)C(CCCCCCCC)(CCCCCCCC)c1c-3sc2c1C=CN1C(=O)C3=C4c5sc6c(c5C=CN4C(O)C3=C21)C(CCCCCCCC)(CCCCCCCC)c1cc2c(cc1-6)C(CCCCCCCC)(CCCCCCCC)c1cc(Br)sc1-2. The van der Waals surface area contributed by atoms with Crippen LogP contribution in [0.2, 0.25) is 0 Å². The lowest BCUT2D eigenvalue weighted by atomic mass is 9.68. The Balaban J connectivity index is 0.936. The maximum atomic E-state index is 16.5. The van der Waals surface area contributed by atoms with Crippen LogP contribution < -0.4 is 0 Å². The Morgan fingerprint density at radius 3 is 0.897 bits per heavy atom.